The van der Waals surface area contributed by atoms with E-state index < -0.39 is 6.17 Å². The van der Waals surface area contributed by atoms with Crippen molar-refractivity contribution in [2.45, 2.75) is 50.5 Å². The van der Waals surface area contributed by atoms with E-state index in [0.717, 1.165) is 52.7 Å². The van der Waals surface area contributed by atoms with Gasteiger partial charge in [-0.2, -0.15) is 9.97 Å². The van der Waals surface area contributed by atoms with Crippen molar-refractivity contribution >= 4 is 28.1 Å². The fourth-order valence-electron chi connectivity index (χ4n) is 6.93. The van der Waals surface area contributed by atoms with E-state index in [1.54, 1.807) is 7.11 Å². The minimum atomic E-state index is -0.827. The van der Waals surface area contributed by atoms with Crippen molar-refractivity contribution in [3.05, 3.63) is 82.5 Å². The number of halogens is 2. The zero-order chi connectivity index (χ0) is 30.1. The molecule has 0 saturated carbocycles. The van der Waals surface area contributed by atoms with Crippen molar-refractivity contribution in [3.8, 4) is 17.6 Å². The fourth-order valence-corrected chi connectivity index (χ4v) is 7.21. The molecule has 2 fully saturated rings. The molecule has 0 amide bonds. The van der Waals surface area contributed by atoms with E-state index in [1.807, 2.05) is 60.7 Å². The van der Waals surface area contributed by atoms with Crippen LogP contribution >= 0.6 is 11.6 Å². The van der Waals surface area contributed by atoms with Crippen molar-refractivity contribution in [2.24, 2.45) is 0 Å². The number of hydrogen-bond donors (Lipinski definition) is 0. The zero-order valence-electron chi connectivity index (χ0n) is 24.8. The Morgan fingerprint density at radius 1 is 1.02 bits per heavy atom. The number of hydrogen-bond acceptors (Lipinski definition) is 8. The van der Waals surface area contributed by atoms with Gasteiger partial charge < -0.3 is 23.8 Å². The molecule has 0 radical (unpaired) electrons. The first-order valence-corrected chi connectivity index (χ1v) is 15.6. The van der Waals surface area contributed by atoms with E-state index in [9.17, 15) is 4.39 Å². The number of anilines is 1. The molecule has 3 aliphatic rings. The molecule has 44 heavy (non-hydrogen) atoms. The van der Waals surface area contributed by atoms with Crippen molar-refractivity contribution in [3.63, 3.8) is 0 Å². The average molecular weight is 619 g/mol. The van der Waals surface area contributed by atoms with Crippen LogP contribution < -0.4 is 19.1 Å². The van der Waals surface area contributed by atoms with E-state index in [-0.39, 0.29) is 18.3 Å². The highest BCUT2D eigenvalue weighted by Crippen LogP contribution is 2.42. The van der Waals surface area contributed by atoms with E-state index >= 15 is 0 Å². The van der Waals surface area contributed by atoms with Gasteiger partial charge in [0.15, 0.2) is 6.79 Å². The Labute approximate surface area is 261 Å². The molecule has 0 unspecified atom stereocenters. The highest BCUT2D eigenvalue weighted by atomic mass is 35.5. The summed E-state index contributed by atoms with van der Waals surface area (Å²) in [4.78, 5) is 14.2. The monoisotopic (exact) mass is 618 g/mol. The maximum atomic E-state index is 14.4. The van der Waals surface area contributed by atoms with Gasteiger partial charge in [-0.25, -0.2) is 4.39 Å². The number of rotatable bonds is 10. The molecule has 1 aromatic heterocycles. The Morgan fingerprint density at radius 2 is 1.91 bits per heavy atom. The third-order valence-electron chi connectivity index (χ3n) is 9.02. The topological polar surface area (TPSA) is 69.2 Å². The molecule has 0 spiro atoms. The Kier molecular flexibility index (Phi) is 8.18. The smallest absolute Gasteiger partial charge is 0.320 e. The molecule has 230 valence electrons. The lowest BCUT2D eigenvalue weighted by atomic mass is 9.95. The first-order valence-electron chi connectivity index (χ1n) is 15.2. The molecule has 2 atom stereocenters. The minimum absolute atomic E-state index is 0.145. The molecule has 7 rings (SSSR count). The summed E-state index contributed by atoms with van der Waals surface area (Å²) in [7, 11) is 1.60. The number of benzene rings is 3. The lowest BCUT2D eigenvalue weighted by molar-refractivity contribution is 0.0512. The molecule has 10 heteroatoms. The lowest BCUT2D eigenvalue weighted by Crippen LogP contribution is -2.43. The van der Waals surface area contributed by atoms with Crippen molar-refractivity contribution in [1.29, 1.82) is 0 Å². The Hall–Kier alpha value is -3.66. The zero-order valence-corrected chi connectivity index (χ0v) is 25.6. The summed E-state index contributed by atoms with van der Waals surface area (Å²) in [5.74, 6) is 1.23. The van der Waals surface area contributed by atoms with Gasteiger partial charge in [0.1, 0.15) is 25.1 Å². The Morgan fingerprint density at radius 3 is 2.77 bits per heavy atom. The maximum Gasteiger partial charge on any atom is 0.320 e. The standard InChI is InChI=1S/C34H36ClFN4O4/c1-41-22-44-26-15-24-9-5-10-28(35)31(24)30(16-26)39-14-11-27-29(19-39)37-33(38-32(27)42-20-23-7-3-2-4-8-23)43-21-34-12-6-13-40(34)18-25(36)17-34/h2-5,7-10,15-16,25H,6,11-14,17-22H2,1H3/t25-,34+/m1/s1. The van der Waals surface area contributed by atoms with Crippen LogP contribution in [0.1, 0.15) is 36.1 Å². The number of methoxy groups -OCH3 is 1. The van der Waals surface area contributed by atoms with Crippen LogP contribution in [0.15, 0.2) is 60.7 Å². The highest BCUT2D eigenvalue weighted by molar-refractivity contribution is 6.36. The van der Waals surface area contributed by atoms with Gasteiger partial charge in [0.25, 0.3) is 0 Å². The molecule has 0 N–H and O–H groups in total. The first-order chi connectivity index (χ1) is 21.5. The minimum Gasteiger partial charge on any atom is -0.472 e. The Balaban J connectivity index is 1.21. The third-order valence-corrected chi connectivity index (χ3v) is 9.33. The molecule has 2 saturated heterocycles. The Bertz CT molecular complexity index is 1640. The molecular weight excluding hydrogens is 583 g/mol. The van der Waals surface area contributed by atoms with Crippen LogP contribution in [0.4, 0.5) is 10.1 Å². The predicted molar refractivity (Wildman–Crippen MR) is 168 cm³/mol. The number of nitrogens with zero attached hydrogens (tertiary/aromatic N) is 4. The van der Waals surface area contributed by atoms with Crippen LogP contribution in [0.5, 0.6) is 17.6 Å². The van der Waals surface area contributed by atoms with Gasteiger partial charge in [0.05, 0.1) is 28.5 Å². The van der Waals surface area contributed by atoms with Crippen LogP contribution in [0, 0.1) is 0 Å². The number of ether oxygens (including phenoxy) is 4. The molecule has 4 aromatic rings. The fraction of sp³-hybridized carbons (Fsp3) is 0.412. The summed E-state index contributed by atoms with van der Waals surface area (Å²) in [5, 5.41) is 2.60. The van der Waals surface area contributed by atoms with E-state index in [1.165, 1.54) is 0 Å². The largest absolute Gasteiger partial charge is 0.472 e. The van der Waals surface area contributed by atoms with Gasteiger partial charge in [-0.1, -0.05) is 54.1 Å². The summed E-state index contributed by atoms with van der Waals surface area (Å²) >= 11 is 6.76. The van der Waals surface area contributed by atoms with Crippen LogP contribution in [0.2, 0.25) is 5.02 Å². The van der Waals surface area contributed by atoms with Crippen LogP contribution in [0.25, 0.3) is 10.8 Å². The number of alkyl halides is 1. The maximum absolute atomic E-state index is 14.4. The van der Waals surface area contributed by atoms with E-state index in [2.05, 4.69) is 9.80 Å². The van der Waals surface area contributed by atoms with Crippen LogP contribution in [0.3, 0.4) is 0 Å². The summed E-state index contributed by atoms with van der Waals surface area (Å²) in [6.07, 6.45) is 2.30. The van der Waals surface area contributed by atoms with Gasteiger partial charge in [-0.15, -0.1) is 0 Å². The normalized spacial score (nSPS) is 21.3. The summed E-state index contributed by atoms with van der Waals surface area (Å²) in [6, 6.07) is 20.1. The second kappa shape index (κ2) is 12.4. The summed E-state index contributed by atoms with van der Waals surface area (Å²) in [6.45, 7) is 3.47. The van der Waals surface area contributed by atoms with Gasteiger partial charge in [0.2, 0.25) is 5.88 Å². The molecule has 0 bridgehead atoms. The first kappa shape index (κ1) is 29.1. The number of aromatic nitrogens is 2. The molecule has 3 aromatic carbocycles. The molecule has 8 nitrogen and oxygen atoms in total. The van der Waals surface area contributed by atoms with Gasteiger partial charge in [-0.05, 0) is 48.9 Å². The summed E-state index contributed by atoms with van der Waals surface area (Å²) < 4.78 is 38.1. The van der Waals surface area contributed by atoms with Crippen molar-refractivity contribution in [1.82, 2.24) is 14.9 Å². The molecular formula is C34H36ClFN4O4. The molecule has 3 aliphatic heterocycles. The van der Waals surface area contributed by atoms with Crippen molar-refractivity contribution in [2.75, 3.05) is 45.0 Å². The SMILES string of the molecule is COCOc1cc(N2CCc3c(nc(OC[C@@]45CCCN4C[C@H](F)C5)nc3OCc3ccccc3)C2)c2c(Cl)cccc2c1. The summed E-state index contributed by atoms with van der Waals surface area (Å²) in [5.41, 5.74) is 3.52. The van der Waals surface area contributed by atoms with Crippen LogP contribution in [-0.2, 0) is 24.3 Å². The quantitative estimate of drug-likeness (QED) is 0.190. The van der Waals surface area contributed by atoms with Gasteiger partial charge >= 0.3 is 6.01 Å². The predicted octanol–water partition coefficient (Wildman–Crippen LogP) is 6.36. The highest BCUT2D eigenvalue weighted by Gasteiger charge is 2.49. The molecule has 4 heterocycles. The van der Waals surface area contributed by atoms with Crippen molar-refractivity contribution < 1.29 is 23.3 Å². The lowest BCUT2D eigenvalue weighted by Gasteiger charge is -2.33. The second-order valence-corrected chi connectivity index (χ2v) is 12.3. The number of fused-ring (bicyclic) bond motifs is 3. The van der Waals surface area contributed by atoms with E-state index in [4.69, 9.17) is 40.5 Å². The second-order valence-electron chi connectivity index (χ2n) is 11.9. The van der Waals surface area contributed by atoms with Gasteiger partial charge in [0, 0.05) is 43.6 Å². The average Bonchev–Trinajstić information content (AvgIpc) is 3.57. The van der Waals surface area contributed by atoms with E-state index in [0.29, 0.717) is 62.3 Å². The van der Waals surface area contributed by atoms with Crippen LogP contribution in [-0.4, -0.2) is 66.7 Å². The third kappa shape index (κ3) is 5.76. The molecule has 0 aliphatic carbocycles. The van der Waals surface area contributed by atoms with Gasteiger partial charge in [-0.3, -0.25) is 4.90 Å².